The van der Waals surface area contributed by atoms with Crippen LogP contribution in [0.2, 0.25) is 0 Å². The molecule has 2 aliphatic heterocycles. The van der Waals surface area contributed by atoms with E-state index in [2.05, 4.69) is 26.5 Å². The highest BCUT2D eigenvalue weighted by molar-refractivity contribution is 5.94. The molecule has 0 spiro atoms. The summed E-state index contributed by atoms with van der Waals surface area (Å²) in [5, 5.41) is 17.7. The molecule has 0 aliphatic carbocycles. The zero-order valence-corrected chi connectivity index (χ0v) is 20.2. The highest BCUT2D eigenvalue weighted by Gasteiger charge is 2.33. The van der Waals surface area contributed by atoms with Crippen LogP contribution in [-0.4, -0.2) is 45.4 Å². The summed E-state index contributed by atoms with van der Waals surface area (Å²) in [7, 11) is 0. The molecule has 2 aliphatic rings. The van der Waals surface area contributed by atoms with E-state index < -0.39 is 5.41 Å². The van der Waals surface area contributed by atoms with E-state index >= 15 is 0 Å². The fraction of sp³-hybridized carbons (Fsp3) is 0.296. The number of nitriles is 1. The lowest BCUT2D eigenvalue weighted by Crippen LogP contribution is -2.37. The third-order valence-electron chi connectivity index (χ3n) is 6.95. The Kier molecular flexibility index (Phi) is 5.57. The first kappa shape index (κ1) is 23.1. The third-order valence-corrected chi connectivity index (χ3v) is 6.95. The number of pyridine rings is 2. The Hall–Kier alpha value is -4.36. The van der Waals surface area contributed by atoms with Gasteiger partial charge in [0.1, 0.15) is 5.41 Å². The molecule has 5 heterocycles. The van der Waals surface area contributed by atoms with Crippen LogP contribution in [0.4, 0.5) is 10.2 Å². The Morgan fingerprint density at radius 1 is 1.27 bits per heavy atom. The summed E-state index contributed by atoms with van der Waals surface area (Å²) in [6.45, 7) is 4.34. The molecule has 0 bridgehead atoms. The normalized spacial score (nSPS) is 18.7. The van der Waals surface area contributed by atoms with Crippen LogP contribution in [0.5, 0.6) is 0 Å². The first-order chi connectivity index (χ1) is 17.9. The predicted molar refractivity (Wildman–Crippen MR) is 134 cm³/mol. The fourth-order valence-electron chi connectivity index (χ4n) is 4.64. The van der Waals surface area contributed by atoms with E-state index in [9.17, 15) is 14.4 Å². The zero-order valence-electron chi connectivity index (χ0n) is 20.2. The molecule has 9 nitrogen and oxygen atoms in total. The number of fused-ring (bicyclic) bond motifs is 2. The fourth-order valence-corrected chi connectivity index (χ4v) is 4.64. The lowest BCUT2D eigenvalue weighted by atomic mass is 9.79. The van der Waals surface area contributed by atoms with Crippen LogP contribution in [-0.2, 0) is 23.3 Å². The molecule has 1 aromatic carbocycles. The average Bonchev–Trinajstić information content (AvgIpc) is 3.26. The molecular weight excluding hydrogens is 473 g/mol. The first-order valence-electron chi connectivity index (χ1n) is 12.1. The SMILES string of the molecule is C[C@@]1(C#N)COCc2ccc(C(=O)NCc3cc4nc(-n5cc(F)c(N6CCC6)n5)ccc4cn3)cc21. The smallest absolute Gasteiger partial charge is 0.251 e. The van der Waals surface area contributed by atoms with Crippen molar-refractivity contribution in [2.45, 2.75) is 31.9 Å². The van der Waals surface area contributed by atoms with Gasteiger partial charge in [0.05, 0.1) is 43.2 Å². The number of nitrogens with zero attached hydrogens (tertiary/aromatic N) is 6. The molecule has 1 amide bonds. The number of benzene rings is 1. The number of nitrogens with one attached hydrogen (secondary N) is 1. The van der Waals surface area contributed by atoms with E-state index in [-0.39, 0.29) is 18.3 Å². The van der Waals surface area contributed by atoms with E-state index in [1.54, 1.807) is 30.5 Å². The van der Waals surface area contributed by atoms with Crippen LogP contribution in [0, 0.1) is 17.1 Å². The number of aromatic nitrogens is 4. The molecule has 1 fully saturated rings. The van der Waals surface area contributed by atoms with Crippen molar-refractivity contribution in [1.29, 1.82) is 5.26 Å². The minimum absolute atomic E-state index is 0.200. The summed E-state index contributed by atoms with van der Waals surface area (Å²) < 4.78 is 21.4. The number of rotatable bonds is 5. The van der Waals surface area contributed by atoms with Gasteiger partial charge in [-0.2, -0.15) is 5.26 Å². The van der Waals surface area contributed by atoms with Gasteiger partial charge in [0.15, 0.2) is 17.5 Å². The average molecular weight is 498 g/mol. The lowest BCUT2D eigenvalue weighted by molar-refractivity contribution is 0.0757. The molecule has 3 aromatic heterocycles. The quantitative estimate of drug-likeness (QED) is 0.450. The van der Waals surface area contributed by atoms with Crippen molar-refractivity contribution in [3.8, 4) is 11.9 Å². The maximum atomic E-state index is 14.4. The van der Waals surface area contributed by atoms with Crippen molar-refractivity contribution >= 4 is 22.6 Å². The number of hydrogen-bond acceptors (Lipinski definition) is 7. The molecule has 37 heavy (non-hydrogen) atoms. The first-order valence-corrected chi connectivity index (χ1v) is 12.1. The maximum Gasteiger partial charge on any atom is 0.251 e. The number of carbonyl (C=O) groups excluding carboxylic acids is 1. The van der Waals surface area contributed by atoms with Crippen molar-refractivity contribution in [3.63, 3.8) is 0 Å². The molecule has 1 N–H and O–H groups in total. The Balaban J connectivity index is 1.20. The minimum Gasteiger partial charge on any atom is -0.375 e. The Morgan fingerprint density at radius 3 is 2.92 bits per heavy atom. The van der Waals surface area contributed by atoms with Crippen molar-refractivity contribution in [2.24, 2.45) is 0 Å². The van der Waals surface area contributed by atoms with Gasteiger partial charge in [-0.1, -0.05) is 6.07 Å². The van der Waals surface area contributed by atoms with Gasteiger partial charge in [-0.05, 0) is 54.8 Å². The molecule has 186 valence electrons. The van der Waals surface area contributed by atoms with Crippen molar-refractivity contribution in [1.82, 2.24) is 25.1 Å². The second-order valence-electron chi connectivity index (χ2n) is 9.61. The Morgan fingerprint density at radius 2 is 2.14 bits per heavy atom. The molecule has 1 saturated heterocycles. The standard InChI is InChI=1S/C27H24FN7O2/c1-27(15-29)16-37-14-19-4-3-17(9-21(19)27)26(36)31-12-20-10-23-18(11-30-20)5-6-24(32-23)35-13-22(28)25(33-35)34-7-2-8-34/h3-6,9-11,13H,2,7-8,12,14,16H2,1H3,(H,31,36)/t27-/m1/s1. The van der Waals surface area contributed by atoms with Gasteiger partial charge in [-0.15, -0.1) is 5.10 Å². The number of ether oxygens (including phenoxy) is 1. The molecule has 0 radical (unpaired) electrons. The molecule has 0 saturated carbocycles. The minimum atomic E-state index is -0.791. The second-order valence-corrected chi connectivity index (χ2v) is 9.61. The van der Waals surface area contributed by atoms with E-state index in [0.29, 0.717) is 41.6 Å². The van der Waals surface area contributed by atoms with Crippen molar-refractivity contribution < 1.29 is 13.9 Å². The van der Waals surface area contributed by atoms with Gasteiger partial charge >= 0.3 is 0 Å². The van der Waals surface area contributed by atoms with Gasteiger partial charge in [0.25, 0.3) is 5.91 Å². The number of hydrogen-bond donors (Lipinski definition) is 1. The summed E-state index contributed by atoms with van der Waals surface area (Å²) >= 11 is 0. The van der Waals surface area contributed by atoms with Gasteiger partial charge < -0.3 is 15.0 Å². The molecule has 1 atom stereocenters. The Labute approximate surface area is 212 Å². The maximum absolute atomic E-state index is 14.4. The van der Waals surface area contributed by atoms with E-state index in [1.807, 2.05) is 24.0 Å². The number of anilines is 1. The monoisotopic (exact) mass is 497 g/mol. The Bertz CT molecular complexity index is 1570. The number of amides is 1. The van der Waals surface area contributed by atoms with Crippen LogP contribution >= 0.6 is 0 Å². The summed E-state index contributed by atoms with van der Waals surface area (Å²) in [4.78, 5) is 23.9. The van der Waals surface area contributed by atoms with Crippen molar-refractivity contribution in [2.75, 3.05) is 24.6 Å². The van der Waals surface area contributed by atoms with Crippen LogP contribution in [0.1, 0.15) is 40.5 Å². The highest BCUT2D eigenvalue weighted by Crippen LogP contribution is 2.32. The van der Waals surface area contributed by atoms with Crippen molar-refractivity contribution in [3.05, 3.63) is 77.0 Å². The number of carbonyl (C=O) groups is 1. The predicted octanol–water partition coefficient (Wildman–Crippen LogP) is 3.41. The molecule has 0 unspecified atom stereocenters. The van der Waals surface area contributed by atoms with Gasteiger partial charge in [-0.25, -0.2) is 14.1 Å². The van der Waals surface area contributed by atoms with Crippen LogP contribution in [0.15, 0.2) is 48.8 Å². The van der Waals surface area contributed by atoms with Crippen LogP contribution in [0.3, 0.4) is 0 Å². The van der Waals surface area contributed by atoms with Gasteiger partial charge in [0.2, 0.25) is 0 Å². The highest BCUT2D eigenvalue weighted by atomic mass is 19.1. The summed E-state index contributed by atoms with van der Waals surface area (Å²) in [5.41, 5.74) is 2.71. The van der Waals surface area contributed by atoms with E-state index in [0.717, 1.165) is 36.0 Å². The molecule has 10 heteroatoms. The van der Waals surface area contributed by atoms with Crippen LogP contribution < -0.4 is 10.2 Å². The second kappa shape index (κ2) is 8.94. The lowest BCUT2D eigenvalue weighted by Gasteiger charge is -2.30. The number of halogens is 1. The van der Waals surface area contributed by atoms with E-state index in [4.69, 9.17) is 4.74 Å². The molecule has 6 rings (SSSR count). The zero-order chi connectivity index (χ0) is 25.6. The van der Waals surface area contributed by atoms with Gasteiger partial charge in [0, 0.05) is 30.2 Å². The third kappa shape index (κ3) is 4.17. The van der Waals surface area contributed by atoms with Crippen LogP contribution in [0.25, 0.3) is 16.7 Å². The summed E-state index contributed by atoms with van der Waals surface area (Å²) in [6, 6.07) is 13.1. The summed E-state index contributed by atoms with van der Waals surface area (Å²) in [5.74, 6) is 0.210. The topological polar surface area (TPSA) is 109 Å². The molecule has 4 aromatic rings. The summed E-state index contributed by atoms with van der Waals surface area (Å²) in [6.07, 6.45) is 4.07. The largest absolute Gasteiger partial charge is 0.375 e. The van der Waals surface area contributed by atoms with E-state index in [1.165, 1.54) is 10.9 Å². The van der Waals surface area contributed by atoms with Gasteiger partial charge in [-0.3, -0.25) is 9.78 Å². The molecular formula is C27H24FN7O2.